The second-order valence-corrected chi connectivity index (χ2v) is 6.52. The van der Waals surface area contributed by atoms with E-state index >= 15 is 0 Å². The average Bonchev–Trinajstić information content (AvgIpc) is 3.12. The fourth-order valence-corrected chi connectivity index (χ4v) is 3.14. The minimum Gasteiger partial charge on any atom is -0.357 e. The van der Waals surface area contributed by atoms with Gasteiger partial charge in [-0.15, -0.1) is 0 Å². The number of rotatable bonds is 6. The van der Waals surface area contributed by atoms with Crippen LogP contribution in [0.4, 0.5) is 14.6 Å². The second kappa shape index (κ2) is 9.30. The zero-order chi connectivity index (χ0) is 19.1. The van der Waals surface area contributed by atoms with Crippen LogP contribution in [0.15, 0.2) is 47.6 Å². The van der Waals surface area contributed by atoms with Crippen LogP contribution in [0.2, 0.25) is 0 Å². The van der Waals surface area contributed by atoms with E-state index in [1.807, 2.05) is 11.8 Å². The van der Waals surface area contributed by atoms with Crippen LogP contribution < -0.4 is 15.5 Å². The number of nitrogens with one attached hydrogen (secondary N) is 2. The number of halogens is 2. The van der Waals surface area contributed by atoms with Gasteiger partial charge >= 0.3 is 0 Å². The molecule has 0 amide bonds. The van der Waals surface area contributed by atoms with Crippen LogP contribution >= 0.6 is 0 Å². The molecule has 5 nitrogen and oxygen atoms in total. The molecule has 1 saturated heterocycles. The summed E-state index contributed by atoms with van der Waals surface area (Å²) >= 11 is 0. The summed E-state index contributed by atoms with van der Waals surface area (Å²) in [5, 5.41) is 6.66. The summed E-state index contributed by atoms with van der Waals surface area (Å²) in [4.78, 5) is 10.7. The van der Waals surface area contributed by atoms with E-state index in [4.69, 9.17) is 0 Å². The maximum atomic E-state index is 13.9. The first kappa shape index (κ1) is 19.1. The van der Waals surface area contributed by atoms with Crippen molar-refractivity contribution >= 4 is 11.8 Å². The molecule has 1 aliphatic rings. The van der Waals surface area contributed by atoms with Gasteiger partial charge in [0, 0.05) is 38.4 Å². The van der Waals surface area contributed by atoms with Crippen molar-refractivity contribution in [2.24, 2.45) is 4.99 Å². The number of hydrogen-bond acceptors (Lipinski definition) is 3. The van der Waals surface area contributed by atoms with Crippen LogP contribution in [-0.2, 0) is 6.42 Å². The highest BCUT2D eigenvalue weighted by molar-refractivity contribution is 5.80. The Labute approximate surface area is 158 Å². The van der Waals surface area contributed by atoms with Crippen LogP contribution in [0.3, 0.4) is 0 Å². The highest BCUT2D eigenvalue weighted by Gasteiger charge is 2.25. The molecule has 1 aliphatic heterocycles. The lowest BCUT2D eigenvalue weighted by Gasteiger charge is -2.20. The Morgan fingerprint density at radius 3 is 2.81 bits per heavy atom. The van der Waals surface area contributed by atoms with Crippen LogP contribution in [-0.4, -0.2) is 43.2 Å². The molecule has 0 spiro atoms. The van der Waals surface area contributed by atoms with Crippen molar-refractivity contribution in [3.05, 3.63) is 59.8 Å². The van der Waals surface area contributed by atoms with E-state index in [1.54, 1.807) is 24.4 Å². The number of hydrogen-bond donors (Lipinski definition) is 2. The quantitative estimate of drug-likeness (QED) is 0.604. The third-order valence-corrected chi connectivity index (χ3v) is 4.50. The predicted molar refractivity (Wildman–Crippen MR) is 104 cm³/mol. The molecule has 27 heavy (non-hydrogen) atoms. The van der Waals surface area contributed by atoms with Gasteiger partial charge in [0.25, 0.3) is 0 Å². The van der Waals surface area contributed by atoms with Gasteiger partial charge in [-0.25, -0.2) is 13.8 Å². The summed E-state index contributed by atoms with van der Waals surface area (Å²) in [6.07, 6.45) is 3.24. The topological polar surface area (TPSA) is 52.6 Å². The molecule has 0 radical (unpaired) electrons. The number of aliphatic imine (C=N–C) groups is 1. The molecule has 144 valence electrons. The first-order valence-electron chi connectivity index (χ1n) is 9.30. The molecule has 1 aromatic carbocycles. The van der Waals surface area contributed by atoms with E-state index in [-0.39, 0.29) is 17.7 Å². The molecule has 1 atom stereocenters. The monoisotopic (exact) mass is 373 g/mol. The largest absolute Gasteiger partial charge is 0.357 e. The Kier molecular flexibility index (Phi) is 6.57. The Morgan fingerprint density at radius 1 is 1.26 bits per heavy atom. The fourth-order valence-electron chi connectivity index (χ4n) is 3.14. The van der Waals surface area contributed by atoms with Crippen LogP contribution in [0.1, 0.15) is 18.9 Å². The first-order chi connectivity index (χ1) is 13.2. The van der Waals surface area contributed by atoms with E-state index in [2.05, 4.69) is 20.6 Å². The van der Waals surface area contributed by atoms with Crippen molar-refractivity contribution in [3.8, 4) is 0 Å². The molecular formula is C20H25F2N5. The summed E-state index contributed by atoms with van der Waals surface area (Å²) in [7, 11) is 0. The zero-order valence-corrected chi connectivity index (χ0v) is 15.5. The molecule has 2 heterocycles. The number of pyridine rings is 1. The van der Waals surface area contributed by atoms with Crippen LogP contribution in [0.5, 0.6) is 0 Å². The van der Waals surface area contributed by atoms with Gasteiger partial charge < -0.3 is 15.5 Å². The van der Waals surface area contributed by atoms with E-state index < -0.39 is 0 Å². The maximum Gasteiger partial charge on any atom is 0.191 e. The number of nitrogens with zero attached hydrogens (tertiary/aromatic N) is 3. The molecule has 1 aromatic heterocycles. The molecule has 7 heteroatoms. The molecule has 2 aromatic rings. The highest BCUT2D eigenvalue weighted by Crippen LogP contribution is 2.20. The Bertz CT molecular complexity index is 763. The zero-order valence-electron chi connectivity index (χ0n) is 15.5. The van der Waals surface area contributed by atoms with E-state index in [0.29, 0.717) is 18.9 Å². The molecule has 3 rings (SSSR count). The van der Waals surface area contributed by atoms with Crippen molar-refractivity contribution in [1.82, 2.24) is 15.6 Å². The SMILES string of the molecule is CCNC(=NCCc1ccc(F)cc1)NC1CCN(c2ncccc2F)C1. The van der Waals surface area contributed by atoms with Gasteiger partial charge in [0.2, 0.25) is 0 Å². The minimum atomic E-state index is -0.293. The fraction of sp³-hybridized carbons (Fsp3) is 0.400. The lowest BCUT2D eigenvalue weighted by Crippen LogP contribution is -2.44. The van der Waals surface area contributed by atoms with Gasteiger partial charge in [-0.1, -0.05) is 12.1 Å². The molecule has 0 bridgehead atoms. The average molecular weight is 373 g/mol. The summed E-state index contributed by atoms with van der Waals surface area (Å²) in [5.41, 5.74) is 1.05. The third-order valence-electron chi connectivity index (χ3n) is 4.50. The van der Waals surface area contributed by atoms with Gasteiger partial charge in [-0.2, -0.15) is 0 Å². The molecular weight excluding hydrogens is 348 g/mol. The van der Waals surface area contributed by atoms with E-state index in [0.717, 1.165) is 37.5 Å². The summed E-state index contributed by atoms with van der Waals surface area (Å²) in [5.74, 6) is 0.624. The van der Waals surface area contributed by atoms with Gasteiger partial charge in [-0.05, 0) is 49.6 Å². The van der Waals surface area contributed by atoms with Crippen LogP contribution in [0.25, 0.3) is 0 Å². The summed E-state index contributed by atoms with van der Waals surface area (Å²) in [6, 6.07) is 9.70. The van der Waals surface area contributed by atoms with E-state index in [9.17, 15) is 8.78 Å². The Balaban J connectivity index is 1.54. The van der Waals surface area contributed by atoms with Crippen LogP contribution in [0, 0.1) is 11.6 Å². The number of aromatic nitrogens is 1. The van der Waals surface area contributed by atoms with Gasteiger partial charge in [0.1, 0.15) is 5.82 Å². The minimum absolute atomic E-state index is 0.176. The molecule has 1 unspecified atom stereocenters. The van der Waals surface area contributed by atoms with Crippen molar-refractivity contribution in [1.29, 1.82) is 0 Å². The standard InChI is InChI=1S/C20H25F2N5/c1-2-23-20(25-12-9-15-5-7-16(21)8-6-15)26-17-10-13-27(14-17)19-18(22)4-3-11-24-19/h3-8,11,17H,2,9-10,12-14H2,1H3,(H2,23,25,26). The highest BCUT2D eigenvalue weighted by atomic mass is 19.1. The number of benzene rings is 1. The van der Waals surface area contributed by atoms with E-state index in [1.165, 1.54) is 18.2 Å². The molecule has 2 N–H and O–H groups in total. The smallest absolute Gasteiger partial charge is 0.191 e. The summed E-state index contributed by atoms with van der Waals surface area (Å²) < 4.78 is 26.9. The molecule has 0 aliphatic carbocycles. The lowest BCUT2D eigenvalue weighted by atomic mass is 10.1. The van der Waals surface area contributed by atoms with Gasteiger partial charge in [0.05, 0.1) is 0 Å². The number of anilines is 1. The lowest BCUT2D eigenvalue weighted by molar-refractivity contribution is 0.612. The third kappa shape index (κ3) is 5.39. The molecule has 0 saturated carbocycles. The van der Waals surface area contributed by atoms with Gasteiger partial charge in [-0.3, -0.25) is 4.99 Å². The summed E-state index contributed by atoms with van der Waals surface area (Å²) in [6.45, 7) is 4.80. The second-order valence-electron chi connectivity index (χ2n) is 6.52. The number of guanidine groups is 1. The Hall–Kier alpha value is -2.70. The van der Waals surface area contributed by atoms with Crippen molar-refractivity contribution < 1.29 is 8.78 Å². The first-order valence-corrected chi connectivity index (χ1v) is 9.30. The Morgan fingerprint density at radius 2 is 2.07 bits per heavy atom. The van der Waals surface area contributed by atoms with Crippen molar-refractivity contribution in [2.75, 3.05) is 31.1 Å². The predicted octanol–water partition coefficient (Wildman–Crippen LogP) is 2.74. The van der Waals surface area contributed by atoms with Crippen molar-refractivity contribution in [2.45, 2.75) is 25.8 Å². The van der Waals surface area contributed by atoms with Gasteiger partial charge in [0.15, 0.2) is 17.6 Å². The van der Waals surface area contributed by atoms with Crippen molar-refractivity contribution in [3.63, 3.8) is 0 Å². The maximum absolute atomic E-state index is 13.9. The normalized spacial score (nSPS) is 17.2. The molecule has 1 fully saturated rings.